The molecule has 0 aromatic heterocycles. The van der Waals surface area contributed by atoms with Crippen molar-refractivity contribution in [3.63, 3.8) is 0 Å². The number of nitrogens with one attached hydrogen (secondary N) is 1. The first-order chi connectivity index (χ1) is 7.61. The van der Waals surface area contributed by atoms with Crippen LogP contribution in [0.5, 0.6) is 0 Å². The van der Waals surface area contributed by atoms with Crippen molar-refractivity contribution >= 4 is 11.9 Å². The van der Waals surface area contributed by atoms with Crippen LogP contribution in [-0.4, -0.2) is 35.2 Å². The summed E-state index contributed by atoms with van der Waals surface area (Å²) in [5.41, 5.74) is -0.482. The number of hydrogen-bond donors (Lipinski definition) is 2. The molecule has 1 unspecified atom stereocenters. The van der Waals surface area contributed by atoms with Gasteiger partial charge < -0.3 is 15.2 Å². The summed E-state index contributed by atoms with van der Waals surface area (Å²) in [6, 6.07) is 0. The fourth-order valence-electron chi connectivity index (χ4n) is 2.08. The summed E-state index contributed by atoms with van der Waals surface area (Å²) in [6.45, 7) is 0.629. The number of hydrogen-bond acceptors (Lipinski definition) is 3. The molecule has 16 heavy (non-hydrogen) atoms. The van der Waals surface area contributed by atoms with Crippen molar-refractivity contribution in [3.05, 3.63) is 0 Å². The minimum atomic E-state index is -0.859. The Hall–Kier alpha value is -1.10. The van der Waals surface area contributed by atoms with Crippen LogP contribution < -0.4 is 5.32 Å². The molecule has 1 atom stereocenters. The van der Waals surface area contributed by atoms with Gasteiger partial charge >= 0.3 is 5.97 Å². The van der Waals surface area contributed by atoms with E-state index in [-0.39, 0.29) is 18.4 Å². The third kappa shape index (κ3) is 2.72. The zero-order valence-corrected chi connectivity index (χ0v) is 9.20. The minimum Gasteiger partial charge on any atom is -0.481 e. The SMILES string of the molecule is O=C(O)CC1(NC(=O)C2CCCCO2)CC1. The van der Waals surface area contributed by atoms with Crippen LogP contribution in [0.1, 0.15) is 38.5 Å². The molecular weight excluding hydrogens is 210 g/mol. The number of carbonyl (C=O) groups is 2. The van der Waals surface area contributed by atoms with Crippen LogP contribution >= 0.6 is 0 Å². The molecule has 0 bridgehead atoms. The summed E-state index contributed by atoms with van der Waals surface area (Å²) in [6.07, 6.45) is 3.92. The van der Waals surface area contributed by atoms with Crippen LogP contribution in [0.25, 0.3) is 0 Å². The minimum absolute atomic E-state index is 0.0193. The van der Waals surface area contributed by atoms with Gasteiger partial charge in [-0.2, -0.15) is 0 Å². The normalized spacial score (nSPS) is 27.1. The molecule has 2 rings (SSSR count). The fourth-order valence-corrected chi connectivity index (χ4v) is 2.08. The first-order valence-corrected chi connectivity index (χ1v) is 5.77. The molecule has 1 aliphatic carbocycles. The Morgan fingerprint density at radius 1 is 1.38 bits per heavy atom. The van der Waals surface area contributed by atoms with E-state index in [4.69, 9.17) is 9.84 Å². The second kappa shape index (κ2) is 4.41. The van der Waals surface area contributed by atoms with Crippen LogP contribution in [0.15, 0.2) is 0 Å². The van der Waals surface area contributed by atoms with Crippen LogP contribution in [0.2, 0.25) is 0 Å². The molecule has 1 aliphatic heterocycles. The molecule has 2 aliphatic rings. The highest BCUT2D eigenvalue weighted by atomic mass is 16.5. The molecule has 1 amide bonds. The zero-order valence-electron chi connectivity index (χ0n) is 9.20. The first kappa shape index (κ1) is 11.4. The van der Waals surface area contributed by atoms with Gasteiger partial charge in [0.05, 0.1) is 12.0 Å². The standard InChI is InChI=1S/C11H17NO4/c13-9(14)7-11(4-5-11)12-10(15)8-3-1-2-6-16-8/h8H,1-7H2,(H,12,15)(H,13,14). The van der Waals surface area contributed by atoms with Gasteiger partial charge in [0.25, 0.3) is 0 Å². The third-order valence-electron chi connectivity index (χ3n) is 3.20. The van der Waals surface area contributed by atoms with E-state index in [0.717, 1.165) is 32.1 Å². The molecule has 0 spiro atoms. The van der Waals surface area contributed by atoms with Gasteiger partial charge in [0.15, 0.2) is 0 Å². The molecule has 1 saturated carbocycles. The fraction of sp³-hybridized carbons (Fsp3) is 0.818. The van der Waals surface area contributed by atoms with Crippen molar-refractivity contribution in [3.8, 4) is 0 Å². The largest absolute Gasteiger partial charge is 0.481 e. The summed E-state index contributed by atoms with van der Waals surface area (Å²) in [4.78, 5) is 22.4. The van der Waals surface area contributed by atoms with Crippen molar-refractivity contribution in [1.29, 1.82) is 0 Å². The molecule has 5 nitrogen and oxygen atoms in total. The Bertz CT molecular complexity index is 292. The molecule has 90 valence electrons. The predicted octanol–water partition coefficient (Wildman–Crippen LogP) is 0.679. The van der Waals surface area contributed by atoms with Gasteiger partial charge in [0, 0.05) is 6.61 Å². The highest BCUT2D eigenvalue weighted by Crippen LogP contribution is 2.38. The van der Waals surface area contributed by atoms with E-state index < -0.39 is 11.5 Å². The lowest BCUT2D eigenvalue weighted by Crippen LogP contribution is -2.45. The Morgan fingerprint density at radius 2 is 2.12 bits per heavy atom. The Kier molecular flexibility index (Phi) is 3.14. The van der Waals surface area contributed by atoms with Crippen LogP contribution in [0.3, 0.4) is 0 Å². The smallest absolute Gasteiger partial charge is 0.305 e. The van der Waals surface area contributed by atoms with Gasteiger partial charge in [-0.3, -0.25) is 9.59 Å². The van der Waals surface area contributed by atoms with E-state index >= 15 is 0 Å². The molecule has 0 radical (unpaired) electrons. The van der Waals surface area contributed by atoms with Crippen molar-refractivity contribution in [1.82, 2.24) is 5.32 Å². The molecule has 2 fully saturated rings. The number of aliphatic carboxylic acids is 1. The van der Waals surface area contributed by atoms with Gasteiger partial charge in [-0.15, -0.1) is 0 Å². The number of rotatable bonds is 4. The van der Waals surface area contributed by atoms with E-state index in [1.807, 2.05) is 0 Å². The number of carbonyl (C=O) groups excluding carboxylic acids is 1. The Balaban J connectivity index is 1.84. The van der Waals surface area contributed by atoms with Crippen molar-refractivity contribution in [2.75, 3.05) is 6.61 Å². The topological polar surface area (TPSA) is 75.6 Å². The first-order valence-electron chi connectivity index (χ1n) is 5.77. The summed E-state index contributed by atoms with van der Waals surface area (Å²) in [5.74, 6) is -0.999. The molecule has 1 saturated heterocycles. The summed E-state index contributed by atoms with van der Waals surface area (Å²) in [5, 5.41) is 11.6. The lowest BCUT2D eigenvalue weighted by molar-refractivity contribution is -0.139. The van der Waals surface area contributed by atoms with Crippen LogP contribution in [-0.2, 0) is 14.3 Å². The van der Waals surface area contributed by atoms with E-state index in [0.29, 0.717) is 6.61 Å². The van der Waals surface area contributed by atoms with Gasteiger partial charge in [0.2, 0.25) is 5.91 Å². The number of carboxylic acids is 1. The maximum absolute atomic E-state index is 11.8. The third-order valence-corrected chi connectivity index (χ3v) is 3.20. The molecule has 5 heteroatoms. The van der Waals surface area contributed by atoms with E-state index in [1.165, 1.54) is 0 Å². The van der Waals surface area contributed by atoms with Crippen LogP contribution in [0, 0.1) is 0 Å². The monoisotopic (exact) mass is 227 g/mol. The van der Waals surface area contributed by atoms with Crippen LogP contribution in [0.4, 0.5) is 0 Å². The Morgan fingerprint density at radius 3 is 2.62 bits per heavy atom. The van der Waals surface area contributed by atoms with Gasteiger partial charge in [-0.1, -0.05) is 0 Å². The van der Waals surface area contributed by atoms with Gasteiger partial charge in [0.1, 0.15) is 6.10 Å². The second-order valence-electron chi connectivity index (χ2n) is 4.70. The maximum atomic E-state index is 11.8. The maximum Gasteiger partial charge on any atom is 0.305 e. The van der Waals surface area contributed by atoms with Crippen molar-refractivity contribution in [2.45, 2.75) is 50.2 Å². The number of carboxylic acid groups (broad SMARTS) is 1. The highest BCUT2D eigenvalue weighted by molar-refractivity contribution is 5.83. The molecule has 0 aromatic rings. The number of ether oxygens (including phenoxy) is 1. The molecule has 1 heterocycles. The number of amides is 1. The highest BCUT2D eigenvalue weighted by Gasteiger charge is 2.46. The lowest BCUT2D eigenvalue weighted by Gasteiger charge is -2.24. The zero-order chi connectivity index (χ0) is 11.6. The molecular formula is C11H17NO4. The summed E-state index contributed by atoms with van der Waals surface area (Å²) < 4.78 is 5.36. The van der Waals surface area contributed by atoms with Crippen molar-refractivity contribution < 1.29 is 19.4 Å². The second-order valence-corrected chi connectivity index (χ2v) is 4.70. The average Bonchev–Trinajstić information content (AvgIpc) is 2.98. The van der Waals surface area contributed by atoms with Gasteiger partial charge in [-0.25, -0.2) is 0 Å². The summed E-state index contributed by atoms with van der Waals surface area (Å²) >= 11 is 0. The Labute approximate surface area is 94.2 Å². The predicted molar refractivity (Wildman–Crippen MR) is 56.0 cm³/mol. The quantitative estimate of drug-likeness (QED) is 0.740. The van der Waals surface area contributed by atoms with E-state index in [1.54, 1.807) is 0 Å². The summed E-state index contributed by atoms with van der Waals surface area (Å²) in [7, 11) is 0. The van der Waals surface area contributed by atoms with E-state index in [9.17, 15) is 9.59 Å². The molecule has 2 N–H and O–H groups in total. The van der Waals surface area contributed by atoms with E-state index in [2.05, 4.69) is 5.32 Å². The lowest BCUT2D eigenvalue weighted by atomic mass is 10.1. The molecule has 0 aromatic carbocycles. The van der Waals surface area contributed by atoms with Crippen molar-refractivity contribution in [2.24, 2.45) is 0 Å². The average molecular weight is 227 g/mol. The van der Waals surface area contributed by atoms with Gasteiger partial charge in [-0.05, 0) is 32.1 Å².